The van der Waals surface area contributed by atoms with Gasteiger partial charge < -0.3 is 16.0 Å². The molecule has 3 N–H and O–H groups in total. The van der Waals surface area contributed by atoms with Crippen LogP contribution in [0.5, 0.6) is 0 Å². The van der Waals surface area contributed by atoms with E-state index in [4.69, 9.17) is 5.73 Å². The van der Waals surface area contributed by atoms with Crippen LogP contribution in [-0.4, -0.2) is 36.6 Å². The second kappa shape index (κ2) is 6.45. The zero-order valence-electron chi connectivity index (χ0n) is 11.5. The highest BCUT2D eigenvalue weighted by Crippen LogP contribution is 2.22. The molecule has 0 spiro atoms. The molecule has 1 aliphatic rings. The van der Waals surface area contributed by atoms with Crippen LogP contribution in [0.15, 0.2) is 12.1 Å². The third-order valence-corrected chi connectivity index (χ3v) is 3.99. The van der Waals surface area contributed by atoms with Crippen molar-refractivity contribution in [2.24, 2.45) is 11.7 Å². The second-order valence-corrected chi connectivity index (χ2v) is 5.72. The first-order valence-corrected chi connectivity index (χ1v) is 7.10. The van der Waals surface area contributed by atoms with E-state index in [2.05, 4.69) is 29.5 Å². The van der Waals surface area contributed by atoms with Gasteiger partial charge in [0.25, 0.3) is 0 Å². The molecule has 1 aliphatic heterocycles. The zero-order valence-corrected chi connectivity index (χ0v) is 12.3. The van der Waals surface area contributed by atoms with Crippen LogP contribution in [0.1, 0.15) is 18.4 Å². The summed E-state index contributed by atoms with van der Waals surface area (Å²) in [6, 6.07) is 2.90. The Labute approximate surface area is 123 Å². The molecule has 1 aromatic rings. The average Bonchev–Trinajstić information content (AvgIpc) is 2.42. The van der Waals surface area contributed by atoms with Crippen LogP contribution in [0.25, 0.3) is 0 Å². The third-order valence-electron chi connectivity index (χ3n) is 3.77. The quantitative estimate of drug-likeness (QED) is 0.838. The minimum absolute atomic E-state index is 0.0534. The Morgan fingerprint density at radius 3 is 2.60 bits per heavy atom. The summed E-state index contributed by atoms with van der Waals surface area (Å²) in [6.45, 7) is 2.74. The van der Waals surface area contributed by atoms with Crippen molar-refractivity contribution in [1.82, 2.24) is 4.90 Å². The Morgan fingerprint density at radius 1 is 1.35 bits per heavy atom. The number of anilines is 1. The van der Waals surface area contributed by atoms with Crippen molar-refractivity contribution in [3.8, 4) is 0 Å². The number of nitrogens with zero attached hydrogens (tertiary/aromatic N) is 1. The molecule has 0 aromatic heterocycles. The molecule has 110 valence electrons. The Hall–Kier alpha value is -1.27. The van der Waals surface area contributed by atoms with Crippen LogP contribution in [0.3, 0.4) is 0 Å². The van der Waals surface area contributed by atoms with Gasteiger partial charge in [-0.1, -0.05) is 12.2 Å². The van der Waals surface area contributed by atoms with Gasteiger partial charge in [-0.15, -0.1) is 0 Å². The summed E-state index contributed by atoms with van der Waals surface area (Å²) in [4.78, 5) is 2.14. The summed E-state index contributed by atoms with van der Waals surface area (Å²) >= 11 is 4.68. The molecule has 1 fully saturated rings. The summed E-state index contributed by atoms with van der Waals surface area (Å²) < 4.78 is 27.6. The van der Waals surface area contributed by atoms with Crippen molar-refractivity contribution in [2.45, 2.75) is 12.8 Å². The fourth-order valence-electron chi connectivity index (χ4n) is 2.40. The zero-order chi connectivity index (χ0) is 14.7. The first kappa shape index (κ1) is 15.1. The van der Waals surface area contributed by atoms with Crippen LogP contribution in [0, 0.1) is 17.6 Å². The molecule has 3 nitrogen and oxygen atoms in total. The Balaban J connectivity index is 2.00. The number of rotatable bonds is 4. The summed E-state index contributed by atoms with van der Waals surface area (Å²) in [5.41, 5.74) is 5.45. The highest BCUT2D eigenvalue weighted by molar-refractivity contribution is 7.80. The van der Waals surface area contributed by atoms with Gasteiger partial charge in [0.1, 0.15) is 4.99 Å². The van der Waals surface area contributed by atoms with Crippen molar-refractivity contribution in [3.05, 3.63) is 29.3 Å². The maximum atomic E-state index is 13.9. The largest absolute Gasteiger partial charge is 0.389 e. The molecule has 1 saturated heterocycles. The number of piperidine rings is 1. The smallest absolute Gasteiger partial charge is 0.182 e. The summed E-state index contributed by atoms with van der Waals surface area (Å²) in [5.74, 6) is -1.40. The standard InChI is InChI=1S/C14H19F2N3S/c1-19-6-4-9(5-7-19)8-18-11-3-2-10(14(17)20)12(15)13(11)16/h2-3,9,18H,4-8H2,1H3,(H2,17,20). The van der Waals surface area contributed by atoms with Crippen LogP contribution in [0.2, 0.25) is 0 Å². The van der Waals surface area contributed by atoms with Gasteiger partial charge in [0.05, 0.1) is 5.69 Å². The molecule has 0 unspecified atom stereocenters. The highest BCUT2D eigenvalue weighted by Gasteiger charge is 2.18. The van der Waals surface area contributed by atoms with Gasteiger partial charge in [-0.3, -0.25) is 0 Å². The molecule has 1 aromatic carbocycles. The number of nitrogens with two attached hydrogens (primary N) is 1. The van der Waals surface area contributed by atoms with Gasteiger partial charge in [-0.05, 0) is 51.0 Å². The molecular weight excluding hydrogens is 280 g/mol. The molecule has 20 heavy (non-hydrogen) atoms. The minimum atomic E-state index is -0.981. The third kappa shape index (κ3) is 3.43. The first-order valence-electron chi connectivity index (χ1n) is 6.69. The lowest BCUT2D eigenvalue weighted by atomic mass is 9.97. The molecule has 0 radical (unpaired) electrons. The maximum Gasteiger partial charge on any atom is 0.182 e. The van der Waals surface area contributed by atoms with Crippen molar-refractivity contribution in [1.29, 1.82) is 0 Å². The number of likely N-dealkylation sites (tertiary alicyclic amines) is 1. The van der Waals surface area contributed by atoms with E-state index in [0.717, 1.165) is 25.9 Å². The molecular formula is C14H19F2N3S. The fraction of sp³-hybridized carbons (Fsp3) is 0.500. The van der Waals surface area contributed by atoms with E-state index >= 15 is 0 Å². The average molecular weight is 299 g/mol. The molecule has 0 saturated carbocycles. The van der Waals surface area contributed by atoms with Gasteiger partial charge in [-0.25, -0.2) is 8.78 Å². The number of nitrogens with one attached hydrogen (secondary N) is 1. The lowest BCUT2D eigenvalue weighted by Gasteiger charge is -2.29. The number of benzene rings is 1. The lowest BCUT2D eigenvalue weighted by Crippen LogP contribution is -2.33. The van der Waals surface area contributed by atoms with Crippen LogP contribution >= 0.6 is 12.2 Å². The Kier molecular flexibility index (Phi) is 4.88. The summed E-state index contributed by atoms with van der Waals surface area (Å²) in [5, 5.41) is 2.99. The van der Waals surface area contributed by atoms with Crippen molar-refractivity contribution < 1.29 is 8.78 Å². The van der Waals surface area contributed by atoms with Gasteiger partial charge >= 0.3 is 0 Å². The van der Waals surface area contributed by atoms with Gasteiger partial charge in [0, 0.05) is 12.1 Å². The topological polar surface area (TPSA) is 41.3 Å². The monoisotopic (exact) mass is 299 g/mol. The van der Waals surface area contributed by atoms with Gasteiger partial charge in [0.2, 0.25) is 0 Å². The molecule has 1 heterocycles. The second-order valence-electron chi connectivity index (χ2n) is 5.28. The maximum absolute atomic E-state index is 13.9. The van der Waals surface area contributed by atoms with Gasteiger partial charge in [-0.2, -0.15) is 0 Å². The highest BCUT2D eigenvalue weighted by atomic mass is 32.1. The predicted molar refractivity (Wildman–Crippen MR) is 81.0 cm³/mol. The molecule has 2 rings (SSSR count). The van der Waals surface area contributed by atoms with Crippen molar-refractivity contribution in [3.63, 3.8) is 0 Å². The number of hydrogen-bond acceptors (Lipinski definition) is 3. The number of halogens is 2. The molecule has 0 aliphatic carbocycles. The van der Waals surface area contributed by atoms with E-state index in [0.29, 0.717) is 12.5 Å². The lowest BCUT2D eigenvalue weighted by molar-refractivity contribution is 0.226. The van der Waals surface area contributed by atoms with Crippen LogP contribution in [-0.2, 0) is 0 Å². The Bertz CT molecular complexity index is 499. The molecule has 6 heteroatoms. The Morgan fingerprint density at radius 2 is 2.00 bits per heavy atom. The van der Waals surface area contributed by atoms with Crippen molar-refractivity contribution in [2.75, 3.05) is 32.0 Å². The summed E-state index contributed by atoms with van der Waals surface area (Å²) in [7, 11) is 2.09. The minimum Gasteiger partial charge on any atom is -0.389 e. The SMILES string of the molecule is CN1CCC(CNc2ccc(C(N)=S)c(F)c2F)CC1. The molecule has 0 bridgehead atoms. The normalized spacial score (nSPS) is 17.1. The predicted octanol–water partition coefficient (Wildman–Crippen LogP) is 2.35. The van der Waals surface area contributed by atoms with E-state index in [1.165, 1.54) is 12.1 Å². The van der Waals surface area contributed by atoms with E-state index in [1.807, 2.05) is 0 Å². The molecule has 0 atom stereocenters. The van der Waals surface area contributed by atoms with E-state index in [-0.39, 0.29) is 16.2 Å². The summed E-state index contributed by atoms with van der Waals surface area (Å²) in [6.07, 6.45) is 2.14. The van der Waals surface area contributed by atoms with E-state index < -0.39 is 11.6 Å². The van der Waals surface area contributed by atoms with Crippen LogP contribution in [0.4, 0.5) is 14.5 Å². The van der Waals surface area contributed by atoms with E-state index in [1.54, 1.807) is 0 Å². The van der Waals surface area contributed by atoms with Crippen LogP contribution < -0.4 is 11.1 Å². The number of thiocarbonyl (C=S) groups is 1. The van der Waals surface area contributed by atoms with E-state index in [9.17, 15) is 8.78 Å². The fourth-order valence-corrected chi connectivity index (χ4v) is 2.55. The first-order chi connectivity index (χ1) is 9.49. The number of hydrogen-bond donors (Lipinski definition) is 2. The van der Waals surface area contributed by atoms with Gasteiger partial charge in [0.15, 0.2) is 11.6 Å². The molecule has 0 amide bonds. The van der Waals surface area contributed by atoms with Crippen molar-refractivity contribution >= 4 is 22.9 Å².